The van der Waals surface area contributed by atoms with Gasteiger partial charge in [-0.2, -0.15) is 0 Å². The minimum Gasteiger partial charge on any atom is -0.478 e. The van der Waals surface area contributed by atoms with Crippen molar-refractivity contribution in [3.05, 3.63) is 35.1 Å². The summed E-state index contributed by atoms with van der Waals surface area (Å²) in [4.78, 5) is 12.5. The topological polar surface area (TPSA) is 81.9 Å². The summed E-state index contributed by atoms with van der Waals surface area (Å²) in [7, 11) is 0. The van der Waals surface area contributed by atoms with E-state index in [1.165, 1.54) is 12.8 Å². The first-order chi connectivity index (χ1) is 12.0. The Kier molecular flexibility index (Phi) is 5.22. The number of benzene rings is 1. The molecule has 1 aromatic heterocycles. The van der Waals surface area contributed by atoms with Crippen LogP contribution in [0.2, 0.25) is 5.02 Å². The van der Waals surface area contributed by atoms with Crippen LogP contribution in [0.25, 0.3) is 0 Å². The maximum atomic E-state index is 12.5. The van der Waals surface area contributed by atoms with Crippen molar-refractivity contribution in [1.82, 2.24) is 25.5 Å². The molecule has 8 heteroatoms. The summed E-state index contributed by atoms with van der Waals surface area (Å²) in [5.41, 5.74) is -1.03. The fraction of sp³-hybridized carbons (Fsp3) is 0.529. The Morgan fingerprint density at radius 3 is 2.68 bits per heavy atom. The second-order valence-corrected chi connectivity index (χ2v) is 7.16. The molecule has 1 aliphatic rings. The molecule has 0 atom stereocenters. The van der Waals surface area contributed by atoms with Gasteiger partial charge in [-0.05, 0) is 61.4 Å². The van der Waals surface area contributed by atoms with Gasteiger partial charge in [0.05, 0.1) is 12.6 Å². The summed E-state index contributed by atoms with van der Waals surface area (Å²) >= 11 is 5.86. The lowest BCUT2D eigenvalue weighted by Crippen LogP contribution is -2.46. The third-order valence-corrected chi connectivity index (χ3v) is 4.62. The maximum Gasteiger partial charge on any atom is 0.263 e. The molecule has 2 aromatic rings. The number of carbonyl (C=O) groups excluding carboxylic acids is 1. The Balaban J connectivity index is 1.60. The number of nitrogens with zero attached hydrogens (tertiary/aromatic N) is 4. The van der Waals surface area contributed by atoms with Gasteiger partial charge in [0.15, 0.2) is 11.4 Å². The number of hydrogen-bond acceptors (Lipinski definition) is 5. The van der Waals surface area contributed by atoms with Crippen molar-refractivity contribution in [2.75, 3.05) is 0 Å². The quantitative estimate of drug-likeness (QED) is 0.853. The molecule has 1 saturated carbocycles. The zero-order valence-corrected chi connectivity index (χ0v) is 15.2. The molecular weight excluding hydrogens is 342 g/mol. The molecule has 0 bridgehead atoms. The molecule has 0 spiro atoms. The lowest BCUT2D eigenvalue weighted by atomic mass is 10.1. The largest absolute Gasteiger partial charge is 0.478 e. The van der Waals surface area contributed by atoms with E-state index in [1.54, 1.807) is 38.1 Å². The molecule has 0 unspecified atom stereocenters. The minimum absolute atomic E-state index is 0.233. The lowest BCUT2D eigenvalue weighted by Gasteiger charge is -2.25. The normalized spacial score (nSPS) is 15.3. The molecule has 0 aliphatic heterocycles. The van der Waals surface area contributed by atoms with Crippen LogP contribution in [0.4, 0.5) is 0 Å². The summed E-state index contributed by atoms with van der Waals surface area (Å²) in [5, 5.41) is 15.4. The van der Waals surface area contributed by atoms with Crippen molar-refractivity contribution >= 4 is 17.5 Å². The van der Waals surface area contributed by atoms with Crippen molar-refractivity contribution in [1.29, 1.82) is 0 Å². The Morgan fingerprint density at radius 1 is 1.32 bits per heavy atom. The van der Waals surface area contributed by atoms with E-state index in [9.17, 15) is 4.79 Å². The second-order valence-electron chi connectivity index (χ2n) is 6.73. The number of nitrogens with one attached hydrogen (secondary N) is 1. The fourth-order valence-corrected chi connectivity index (χ4v) is 3.10. The summed E-state index contributed by atoms with van der Waals surface area (Å²) < 4.78 is 7.62. The minimum atomic E-state index is -1.03. The van der Waals surface area contributed by atoms with E-state index in [0.29, 0.717) is 22.6 Å². The average Bonchev–Trinajstić information content (AvgIpc) is 3.25. The molecule has 7 nitrogen and oxygen atoms in total. The number of carbonyl (C=O) groups is 1. The van der Waals surface area contributed by atoms with Crippen molar-refractivity contribution in [2.24, 2.45) is 0 Å². The lowest BCUT2D eigenvalue weighted by molar-refractivity contribution is -0.134. The average molecular weight is 364 g/mol. The smallest absolute Gasteiger partial charge is 0.263 e. The second kappa shape index (κ2) is 7.39. The molecule has 0 radical (unpaired) electrons. The molecule has 1 fully saturated rings. The highest BCUT2D eigenvalue weighted by Gasteiger charge is 2.30. The third-order valence-electron chi connectivity index (χ3n) is 4.37. The Bertz CT molecular complexity index is 723. The van der Waals surface area contributed by atoms with Gasteiger partial charge in [0, 0.05) is 5.02 Å². The van der Waals surface area contributed by atoms with Gasteiger partial charge >= 0.3 is 0 Å². The van der Waals surface area contributed by atoms with Crippen molar-refractivity contribution in [3.8, 4) is 5.75 Å². The predicted octanol–water partition coefficient (Wildman–Crippen LogP) is 2.92. The van der Waals surface area contributed by atoms with Crippen LogP contribution in [0.1, 0.15) is 51.4 Å². The Labute approximate surface area is 151 Å². The number of halogens is 1. The van der Waals surface area contributed by atoms with Crippen LogP contribution in [0.5, 0.6) is 5.75 Å². The number of tetrazole rings is 1. The number of ether oxygens (including phenoxy) is 1. The van der Waals surface area contributed by atoms with E-state index in [1.807, 2.05) is 4.68 Å². The van der Waals surface area contributed by atoms with Crippen molar-refractivity contribution in [2.45, 2.75) is 57.7 Å². The molecule has 1 aromatic carbocycles. The molecular formula is C17H22ClN5O2. The Morgan fingerprint density at radius 2 is 2.00 bits per heavy atom. The highest BCUT2D eigenvalue weighted by Crippen LogP contribution is 2.29. The van der Waals surface area contributed by atoms with Crippen LogP contribution in [0.3, 0.4) is 0 Å². The Hall–Kier alpha value is -2.15. The van der Waals surface area contributed by atoms with Crippen LogP contribution in [-0.4, -0.2) is 31.7 Å². The molecule has 1 heterocycles. The maximum absolute atomic E-state index is 12.5. The predicted molar refractivity (Wildman–Crippen MR) is 93.3 cm³/mol. The molecule has 134 valence electrons. The molecule has 1 amide bonds. The van der Waals surface area contributed by atoms with Gasteiger partial charge in [0.2, 0.25) is 0 Å². The van der Waals surface area contributed by atoms with Gasteiger partial charge in [-0.25, -0.2) is 4.68 Å². The summed E-state index contributed by atoms with van der Waals surface area (Å²) in [6.45, 7) is 3.71. The molecule has 1 N–H and O–H groups in total. The molecule has 0 saturated heterocycles. The summed E-state index contributed by atoms with van der Waals surface area (Å²) in [6.07, 6.45) is 4.55. The van der Waals surface area contributed by atoms with Crippen LogP contribution >= 0.6 is 11.6 Å². The van der Waals surface area contributed by atoms with Gasteiger partial charge in [0.25, 0.3) is 5.91 Å². The summed E-state index contributed by atoms with van der Waals surface area (Å²) in [6, 6.07) is 7.25. The highest BCUT2D eigenvalue weighted by molar-refractivity contribution is 6.30. The van der Waals surface area contributed by atoms with Crippen molar-refractivity contribution in [3.63, 3.8) is 0 Å². The fourth-order valence-electron chi connectivity index (χ4n) is 2.98. The van der Waals surface area contributed by atoms with Gasteiger partial charge < -0.3 is 10.1 Å². The summed E-state index contributed by atoms with van der Waals surface area (Å²) in [5.74, 6) is 1.02. The molecule has 3 rings (SSSR count). The van der Waals surface area contributed by atoms with Crippen molar-refractivity contribution < 1.29 is 9.53 Å². The molecule has 1 aliphatic carbocycles. The number of amides is 1. The van der Waals surface area contributed by atoms with E-state index in [0.717, 1.165) is 12.8 Å². The van der Waals surface area contributed by atoms with Crippen LogP contribution in [0, 0.1) is 0 Å². The van der Waals surface area contributed by atoms with E-state index in [2.05, 4.69) is 20.8 Å². The van der Waals surface area contributed by atoms with E-state index in [-0.39, 0.29) is 12.5 Å². The SMILES string of the molecule is CC(C)(Oc1ccc(Cl)cc1)C(=O)NCc1nnnn1C1CCCC1. The number of aromatic nitrogens is 4. The van der Waals surface area contributed by atoms with Gasteiger partial charge in [-0.15, -0.1) is 5.10 Å². The number of hydrogen-bond donors (Lipinski definition) is 1. The van der Waals surface area contributed by atoms with E-state index >= 15 is 0 Å². The van der Waals surface area contributed by atoms with Gasteiger partial charge in [-0.1, -0.05) is 24.4 Å². The number of rotatable bonds is 6. The zero-order chi connectivity index (χ0) is 17.9. The molecule has 25 heavy (non-hydrogen) atoms. The van der Waals surface area contributed by atoms with E-state index in [4.69, 9.17) is 16.3 Å². The van der Waals surface area contributed by atoms with Crippen LogP contribution in [0.15, 0.2) is 24.3 Å². The third kappa shape index (κ3) is 4.28. The highest BCUT2D eigenvalue weighted by atomic mass is 35.5. The first-order valence-electron chi connectivity index (χ1n) is 8.45. The standard InChI is InChI=1S/C17H22ClN5O2/c1-17(2,25-14-9-7-12(18)8-10-14)16(24)19-11-15-20-21-22-23(15)13-5-3-4-6-13/h7-10,13H,3-6,11H2,1-2H3,(H,19,24). The monoisotopic (exact) mass is 363 g/mol. The first kappa shape index (κ1) is 17.7. The first-order valence-corrected chi connectivity index (χ1v) is 8.83. The van der Waals surface area contributed by atoms with E-state index < -0.39 is 5.60 Å². The van der Waals surface area contributed by atoms with Gasteiger partial charge in [-0.3, -0.25) is 4.79 Å². The van der Waals surface area contributed by atoms with Gasteiger partial charge in [0.1, 0.15) is 5.75 Å². The zero-order valence-electron chi connectivity index (χ0n) is 14.4. The van der Waals surface area contributed by atoms with Crippen LogP contribution in [-0.2, 0) is 11.3 Å². The van der Waals surface area contributed by atoms with Crippen LogP contribution < -0.4 is 10.1 Å².